The van der Waals surface area contributed by atoms with Crippen LogP contribution in [0, 0.1) is 5.95 Å². The maximum atomic E-state index is 12.9. The fourth-order valence-electron chi connectivity index (χ4n) is 2.00. The largest absolute Gasteiger partial charge is 0.490 e. The lowest BCUT2D eigenvalue weighted by Crippen LogP contribution is -2.09. The summed E-state index contributed by atoms with van der Waals surface area (Å²) in [5, 5.41) is 0. The molecule has 0 bridgehead atoms. The number of pyridine rings is 1. The Labute approximate surface area is 139 Å². The van der Waals surface area contributed by atoms with Gasteiger partial charge >= 0.3 is 0 Å². The summed E-state index contributed by atoms with van der Waals surface area (Å²) in [6.07, 6.45) is 0. The molecular weight excluding hydrogens is 309 g/mol. The van der Waals surface area contributed by atoms with Crippen molar-refractivity contribution in [3.63, 3.8) is 0 Å². The molecule has 0 saturated heterocycles. The van der Waals surface area contributed by atoms with Gasteiger partial charge in [0.1, 0.15) is 30.5 Å². The maximum Gasteiger partial charge on any atom is 0.216 e. The SMILES string of the molecule is Fc1cccc(OCCOc2ccc(Oc3ccccc3)cc2)n1. The van der Waals surface area contributed by atoms with Gasteiger partial charge in [-0.2, -0.15) is 9.37 Å². The maximum absolute atomic E-state index is 12.9. The van der Waals surface area contributed by atoms with Crippen molar-refractivity contribution in [3.05, 3.63) is 78.7 Å². The highest BCUT2D eigenvalue weighted by molar-refractivity contribution is 5.35. The van der Waals surface area contributed by atoms with E-state index in [1.165, 1.54) is 6.07 Å². The van der Waals surface area contributed by atoms with E-state index >= 15 is 0 Å². The minimum Gasteiger partial charge on any atom is -0.490 e. The number of aromatic nitrogens is 1. The van der Waals surface area contributed by atoms with Gasteiger partial charge < -0.3 is 14.2 Å². The second-order valence-electron chi connectivity index (χ2n) is 4.88. The predicted octanol–water partition coefficient (Wildman–Crippen LogP) is 4.47. The minimum absolute atomic E-state index is 0.241. The molecule has 5 heteroatoms. The molecule has 3 rings (SSSR count). The quantitative estimate of drug-likeness (QED) is 0.475. The molecule has 0 unspecified atom stereocenters. The van der Waals surface area contributed by atoms with Crippen LogP contribution in [-0.2, 0) is 0 Å². The van der Waals surface area contributed by atoms with E-state index in [9.17, 15) is 4.39 Å². The van der Waals surface area contributed by atoms with Gasteiger partial charge in [0.15, 0.2) is 0 Å². The van der Waals surface area contributed by atoms with E-state index < -0.39 is 5.95 Å². The Balaban J connectivity index is 1.44. The fourth-order valence-corrected chi connectivity index (χ4v) is 2.00. The van der Waals surface area contributed by atoms with E-state index in [-0.39, 0.29) is 12.5 Å². The van der Waals surface area contributed by atoms with Crippen molar-refractivity contribution >= 4 is 0 Å². The standard InChI is InChI=1S/C19H16FNO3/c20-18-7-4-8-19(21-18)23-14-13-22-15-9-11-17(12-10-15)24-16-5-2-1-3-6-16/h1-12H,13-14H2. The summed E-state index contributed by atoms with van der Waals surface area (Å²) in [6, 6.07) is 21.3. The highest BCUT2D eigenvalue weighted by atomic mass is 19.1. The molecule has 2 aromatic carbocycles. The average molecular weight is 325 g/mol. The zero-order chi connectivity index (χ0) is 16.6. The van der Waals surface area contributed by atoms with Crippen LogP contribution in [0.3, 0.4) is 0 Å². The third kappa shape index (κ3) is 4.71. The topological polar surface area (TPSA) is 40.6 Å². The van der Waals surface area contributed by atoms with Crippen LogP contribution in [0.2, 0.25) is 0 Å². The lowest BCUT2D eigenvalue weighted by Gasteiger charge is -2.09. The third-order valence-electron chi connectivity index (χ3n) is 3.09. The molecule has 1 aromatic heterocycles. The predicted molar refractivity (Wildman–Crippen MR) is 88.1 cm³/mol. The molecule has 0 fully saturated rings. The van der Waals surface area contributed by atoms with Crippen molar-refractivity contribution in [2.24, 2.45) is 0 Å². The monoisotopic (exact) mass is 325 g/mol. The molecule has 0 saturated carbocycles. The van der Waals surface area contributed by atoms with Gasteiger partial charge in [0, 0.05) is 6.07 Å². The number of benzene rings is 2. The van der Waals surface area contributed by atoms with E-state index in [4.69, 9.17) is 14.2 Å². The van der Waals surface area contributed by atoms with Crippen molar-refractivity contribution < 1.29 is 18.6 Å². The number of para-hydroxylation sites is 1. The van der Waals surface area contributed by atoms with Crippen LogP contribution in [-0.4, -0.2) is 18.2 Å². The van der Waals surface area contributed by atoms with Crippen LogP contribution in [0.5, 0.6) is 23.1 Å². The Morgan fingerprint density at radius 2 is 1.33 bits per heavy atom. The van der Waals surface area contributed by atoms with Gasteiger partial charge in [-0.25, -0.2) is 0 Å². The molecule has 0 aliphatic rings. The van der Waals surface area contributed by atoms with Crippen LogP contribution >= 0.6 is 0 Å². The van der Waals surface area contributed by atoms with E-state index in [1.54, 1.807) is 12.1 Å². The summed E-state index contributed by atoms with van der Waals surface area (Å²) < 4.78 is 29.5. The second-order valence-corrected chi connectivity index (χ2v) is 4.88. The summed E-state index contributed by atoms with van der Waals surface area (Å²) in [6.45, 7) is 0.607. The van der Waals surface area contributed by atoms with Gasteiger partial charge in [-0.1, -0.05) is 24.3 Å². The smallest absolute Gasteiger partial charge is 0.216 e. The average Bonchev–Trinajstić information content (AvgIpc) is 2.61. The Kier molecular flexibility index (Phi) is 5.24. The van der Waals surface area contributed by atoms with Crippen molar-refractivity contribution in [1.29, 1.82) is 0 Å². The third-order valence-corrected chi connectivity index (χ3v) is 3.09. The van der Waals surface area contributed by atoms with Gasteiger partial charge in [0.05, 0.1) is 0 Å². The first kappa shape index (κ1) is 15.8. The fraction of sp³-hybridized carbons (Fsp3) is 0.105. The first-order chi connectivity index (χ1) is 11.8. The first-order valence-electron chi connectivity index (χ1n) is 7.51. The van der Waals surface area contributed by atoms with Gasteiger partial charge in [-0.3, -0.25) is 0 Å². The van der Waals surface area contributed by atoms with Crippen LogP contribution in [0.25, 0.3) is 0 Å². The van der Waals surface area contributed by atoms with Crippen LogP contribution in [0.4, 0.5) is 4.39 Å². The lowest BCUT2D eigenvalue weighted by atomic mass is 10.3. The molecule has 0 N–H and O–H groups in total. The van der Waals surface area contributed by atoms with E-state index in [1.807, 2.05) is 54.6 Å². The molecule has 1 heterocycles. The summed E-state index contributed by atoms with van der Waals surface area (Å²) in [4.78, 5) is 3.61. The number of rotatable bonds is 7. The molecule has 24 heavy (non-hydrogen) atoms. The van der Waals surface area contributed by atoms with Crippen molar-refractivity contribution in [2.45, 2.75) is 0 Å². The van der Waals surface area contributed by atoms with Gasteiger partial charge in [0.2, 0.25) is 11.8 Å². The number of halogens is 1. The number of ether oxygens (including phenoxy) is 3. The zero-order valence-corrected chi connectivity index (χ0v) is 12.9. The molecule has 0 aliphatic carbocycles. The second kappa shape index (κ2) is 7.97. The Morgan fingerprint density at radius 1 is 0.667 bits per heavy atom. The van der Waals surface area contributed by atoms with Crippen molar-refractivity contribution in [2.75, 3.05) is 13.2 Å². The highest BCUT2D eigenvalue weighted by Gasteiger charge is 2.00. The molecule has 0 spiro atoms. The lowest BCUT2D eigenvalue weighted by molar-refractivity contribution is 0.210. The van der Waals surface area contributed by atoms with Crippen LogP contribution in [0.1, 0.15) is 0 Å². The Morgan fingerprint density at radius 3 is 2.08 bits per heavy atom. The summed E-state index contributed by atoms with van der Waals surface area (Å²) in [7, 11) is 0. The molecular formula is C19H16FNO3. The Hall–Kier alpha value is -3.08. The molecule has 122 valence electrons. The molecule has 4 nitrogen and oxygen atoms in total. The van der Waals surface area contributed by atoms with Crippen molar-refractivity contribution in [3.8, 4) is 23.1 Å². The van der Waals surface area contributed by atoms with Crippen molar-refractivity contribution in [1.82, 2.24) is 4.98 Å². The normalized spacial score (nSPS) is 10.2. The van der Waals surface area contributed by atoms with E-state index in [2.05, 4.69) is 4.98 Å². The highest BCUT2D eigenvalue weighted by Crippen LogP contribution is 2.23. The molecule has 0 atom stereocenters. The van der Waals surface area contributed by atoms with Gasteiger partial charge in [-0.05, 0) is 42.5 Å². The number of hydrogen-bond acceptors (Lipinski definition) is 4. The van der Waals surface area contributed by atoms with Gasteiger partial charge in [0.25, 0.3) is 0 Å². The molecule has 3 aromatic rings. The van der Waals surface area contributed by atoms with Gasteiger partial charge in [-0.15, -0.1) is 0 Å². The summed E-state index contributed by atoms with van der Waals surface area (Å²) in [5.41, 5.74) is 0. The zero-order valence-electron chi connectivity index (χ0n) is 12.9. The summed E-state index contributed by atoms with van der Waals surface area (Å²) in [5.74, 6) is 1.88. The molecule has 0 amide bonds. The first-order valence-corrected chi connectivity index (χ1v) is 7.51. The molecule has 0 aliphatic heterocycles. The van der Waals surface area contributed by atoms with E-state index in [0.29, 0.717) is 12.4 Å². The van der Waals surface area contributed by atoms with E-state index in [0.717, 1.165) is 11.5 Å². The Bertz CT molecular complexity index is 763. The van der Waals surface area contributed by atoms with Crippen LogP contribution < -0.4 is 14.2 Å². The summed E-state index contributed by atoms with van der Waals surface area (Å²) >= 11 is 0. The number of hydrogen-bond donors (Lipinski definition) is 0. The molecule has 0 radical (unpaired) electrons. The van der Waals surface area contributed by atoms with Crippen LogP contribution in [0.15, 0.2) is 72.8 Å². The number of nitrogens with zero attached hydrogens (tertiary/aromatic N) is 1. The minimum atomic E-state index is -0.567.